The molecule has 0 aliphatic heterocycles. The van der Waals surface area contributed by atoms with Gasteiger partial charge in [0.05, 0.1) is 12.7 Å². The Morgan fingerprint density at radius 1 is 1.00 bits per heavy atom. The van der Waals surface area contributed by atoms with Crippen LogP contribution in [-0.2, 0) is 0 Å². The van der Waals surface area contributed by atoms with Crippen LogP contribution in [0, 0.1) is 0 Å². The van der Waals surface area contributed by atoms with Crippen LogP contribution in [0.2, 0.25) is 0 Å². The molecule has 0 heterocycles. The van der Waals surface area contributed by atoms with Crippen LogP contribution in [0.1, 0.15) is 34.6 Å². The van der Waals surface area contributed by atoms with Crippen molar-refractivity contribution in [1.82, 2.24) is 9.80 Å². The summed E-state index contributed by atoms with van der Waals surface area (Å²) in [6, 6.07) is 0. The minimum atomic E-state index is -0.324. The maximum atomic E-state index is 9.43. The molecule has 0 aliphatic carbocycles. The van der Waals surface area contributed by atoms with E-state index in [-0.39, 0.29) is 23.8 Å². The first-order valence-electron chi connectivity index (χ1n) is 6.24. The summed E-state index contributed by atoms with van der Waals surface area (Å²) >= 11 is 0. The first-order valence-corrected chi connectivity index (χ1v) is 6.24. The lowest BCUT2D eigenvalue weighted by Crippen LogP contribution is -2.56. The molecule has 0 radical (unpaired) electrons. The molecule has 4 heteroatoms. The van der Waals surface area contributed by atoms with Crippen molar-refractivity contribution in [3.8, 4) is 0 Å². The lowest BCUT2D eigenvalue weighted by atomic mass is 9.97. The van der Waals surface area contributed by atoms with Gasteiger partial charge in [0.15, 0.2) is 0 Å². The molecule has 0 aromatic heterocycles. The maximum absolute atomic E-state index is 9.43. The predicted molar refractivity (Wildman–Crippen MR) is 72.2 cm³/mol. The molecule has 0 amide bonds. The zero-order chi connectivity index (χ0) is 13.9. The number of hydrogen-bond acceptors (Lipinski definition) is 4. The van der Waals surface area contributed by atoms with Gasteiger partial charge in [0.25, 0.3) is 0 Å². The highest BCUT2D eigenvalue weighted by Crippen LogP contribution is 2.19. The molecule has 0 saturated heterocycles. The fraction of sp³-hybridized carbons (Fsp3) is 1.00. The molecule has 0 fully saturated rings. The summed E-state index contributed by atoms with van der Waals surface area (Å²) < 4.78 is 0. The van der Waals surface area contributed by atoms with E-state index >= 15 is 0 Å². The number of rotatable bonds is 7. The molecular formula is C13H30N2O2. The van der Waals surface area contributed by atoms with Gasteiger partial charge in [0, 0.05) is 24.2 Å². The standard InChI is InChI=1S/C13H30N2O2/c1-11(17)8-14(6)12(2,3)9-15(7)13(4,5)10-16/h11,16-17H,8-10H2,1-7H3. The summed E-state index contributed by atoms with van der Waals surface area (Å²) in [4.78, 5) is 4.31. The van der Waals surface area contributed by atoms with Crippen molar-refractivity contribution in [2.24, 2.45) is 0 Å². The van der Waals surface area contributed by atoms with E-state index in [0.29, 0.717) is 6.54 Å². The second-order valence-corrected chi connectivity index (χ2v) is 6.37. The zero-order valence-corrected chi connectivity index (χ0v) is 12.5. The van der Waals surface area contributed by atoms with Gasteiger partial charge in [-0.2, -0.15) is 0 Å². The molecule has 0 bridgehead atoms. The molecule has 0 spiro atoms. The van der Waals surface area contributed by atoms with E-state index in [1.165, 1.54) is 0 Å². The van der Waals surface area contributed by atoms with Crippen LogP contribution in [0.3, 0.4) is 0 Å². The Kier molecular flexibility index (Phi) is 6.08. The van der Waals surface area contributed by atoms with E-state index in [4.69, 9.17) is 0 Å². The average molecular weight is 246 g/mol. The van der Waals surface area contributed by atoms with Crippen LogP contribution in [0.4, 0.5) is 0 Å². The Bertz CT molecular complexity index is 227. The van der Waals surface area contributed by atoms with Crippen molar-refractivity contribution in [1.29, 1.82) is 0 Å². The van der Waals surface area contributed by atoms with Gasteiger partial charge in [0.1, 0.15) is 0 Å². The molecule has 0 aromatic carbocycles. The van der Waals surface area contributed by atoms with E-state index in [0.717, 1.165) is 6.54 Å². The molecular weight excluding hydrogens is 216 g/mol. The van der Waals surface area contributed by atoms with Crippen LogP contribution in [0.25, 0.3) is 0 Å². The van der Waals surface area contributed by atoms with Crippen LogP contribution in [0.5, 0.6) is 0 Å². The first-order chi connectivity index (χ1) is 7.53. The Morgan fingerprint density at radius 3 is 1.82 bits per heavy atom. The van der Waals surface area contributed by atoms with Gasteiger partial charge in [-0.15, -0.1) is 0 Å². The van der Waals surface area contributed by atoms with E-state index in [9.17, 15) is 10.2 Å². The average Bonchev–Trinajstić information content (AvgIpc) is 2.15. The second-order valence-electron chi connectivity index (χ2n) is 6.37. The quantitative estimate of drug-likeness (QED) is 0.697. The molecule has 17 heavy (non-hydrogen) atoms. The predicted octanol–water partition coefficient (Wildman–Crippen LogP) is 0.780. The highest BCUT2D eigenvalue weighted by Gasteiger charge is 2.31. The van der Waals surface area contributed by atoms with Gasteiger partial charge in [-0.05, 0) is 48.7 Å². The van der Waals surface area contributed by atoms with Crippen molar-refractivity contribution in [2.75, 3.05) is 33.8 Å². The van der Waals surface area contributed by atoms with Crippen molar-refractivity contribution >= 4 is 0 Å². The molecule has 0 saturated carbocycles. The van der Waals surface area contributed by atoms with E-state index in [1.807, 2.05) is 27.9 Å². The van der Waals surface area contributed by atoms with Gasteiger partial charge < -0.3 is 10.2 Å². The van der Waals surface area contributed by atoms with E-state index in [1.54, 1.807) is 6.92 Å². The third kappa shape index (κ3) is 5.34. The number of aliphatic hydroxyl groups excluding tert-OH is 2. The van der Waals surface area contributed by atoms with Crippen molar-refractivity contribution in [3.05, 3.63) is 0 Å². The van der Waals surface area contributed by atoms with Crippen molar-refractivity contribution < 1.29 is 10.2 Å². The Labute approximate surface area is 106 Å². The van der Waals surface area contributed by atoms with E-state index in [2.05, 4.69) is 23.6 Å². The number of nitrogens with zero attached hydrogens (tertiary/aromatic N) is 2. The maximum Gasteiger partial charge on any atom is 0.0639 e. The lowest BCUT2D eigenvalue weighted by molar-refractivity contribution is 0.0145. The summed E-state index contributed by atoms with van der Waals surface area (Å²) in [7, 11) is 4.04. The molecule has 2 N–H and O–H groups in total. The van der Waals surface area contributed by atoms with Gasteiger partial charge in [-0.3, -0.25) is 9.80 Å². The van der Waals surface area contributed by atoms with Crippen LogP contribution >= 0.6 is 0 Å². The summed E-state index contributed by atoms with van der Waals surface area (Å²) in [5, 5.41) is 18.8. The minimum Gasteiger partial charge on any atom is -0.394 e. The fourth-order valence-corrected chi connectivity index (χ4v) is 1.68. The number of hydrogen-bond donors (Lipinski definition) is 2. The Balaban J connectivity index is 4.53. The first kappa shape index (κ1) is 16.8. The van der Waals surface area contributed by atoms with Crippen molar-refractivity contribution in [2.45, 2.75) is 51.8 Å². The molecule has 4 nitrogen and oxygen atoms in total. The van der Waals surface area contributed by atoms with Gasteiger partial charge in [0.2, 0.25) is 0 Å². The SMILES string of the molecule is CC(O)CN(C)C(C)(C)CN(C)C(C)(C)CO. The molecule has 0 aromatic rings. The van der Waals surface area contributed by atoms with E-state index < -0.39 is 0 Å². The number of β-amino-alcohol motifs (C(OH)–C–C–N with tert-alkyl or cyclic N) is 1. The summed E-state index contributed by atoms with van der Waals surface area (Å²) in [6.07, 6.45) is -0.324. The highest BCUT2D eigenvalue weighted by molar-refractivity contribution is 4.88. The molecule has 1 atom stereocenters. The normalized spacial score (nSPS) is 15.7. The Morgan fingerprint density at radius 2 is 1.47 bits per heavy atom. The largest absolute Gasteiger partial charge is 0.394 e. The van der Waals surface area contributed by atoms with Gasteiger partial charge in [-0.1, -0.05) is 0 Å². The Hall–Kier alpha value is -0.160. The molecule has 0 aliphatic rings. The number of likely N-dealkylation sites (N-methyl/N-ethyl adjacent to an activating group) is 2. The summed E-state index contributed by atoms with van der Waals surface area (Å²) in [6.45, 7) is 11.8. The number of aliphatic hydroxyl groups is 2. The lowest BCUT2D eigenvalue weighted by Gasteiger charge is -2.44. The van der Waals surface area contributed by atoms with Crippen molar-refractivity contribution in [3.63, 3.8) is 0 Å². The van der Waals surface area contributed by atoms with Gasteiger partial charge >= 0.3 is 0 Å². The highest BCUT2D eigenvalue weighted by atomic mass is 16.3. The minimum absolute atomic E-state index is 0.0435. The zero-order valence-electron chi connectivity index (χ0n) is 12.5. The smallest absolute Gasteiger partial charge is 0.0639 e. The monoisotopic (exact) mass is 246 g/mol. The third-order valence-corrected chi connectivity index (χ3v) is 3.62. The van der Waals surface area contributed by atoms with Crippen LogP contribution in [-0.4, -0.2) is 71.0 Å². The molecule has 0 rings (SSSR count). The summed E-state index contributed by atoms with van der Waals surface area (Å²) in [5.74, 6) is 0. The van der Waals surface area contributed by atoms with Crippen LogP contribution in [0.15, 0.2) is 0 Å². The molecule has 1 unspecified atom stereocenters. The van der Waals surface area contributed by atoms with Gasteiger partial charge in [-0.25, -0.2) is 0 Å². The van der Waals surface area contributed by atoms with Crippen LogP contribution < -0.4 is 0 Å². The summed E-state index contributed by atoms with van der Waals surface area (Å²) in [5.41, 5.74) is -0.263. The second kappa shape index (κ2) is 6.14. The molecule has 104 valence electrons. The third-order valence-electron chi connectivity index (χ3n) is 3.62. The topological polar surface area (TPSA) is 46.9 Å². The fourth-order valence-electron chi connectivity index (χ4n) is 1.68.